The van der Waals surface area contributed by atoms with Crippen LogP contribution in [0.1, 0.15) is 19.3 Å². The van der Waals surface area contributed by atoms with Crippen molar-refractivity contribution >= 4 is 21.6 Å². The average molecular weight is 352 g/mol. The normalized spacial score (nSPS) is 16.4. The SMILES string of the molecule is O=S(=O)(c1ccc(-c2ccc(Cl)c(O)c2)cc1)N1CCCCC1. The number of nitrogens with zero attached hydrogens (tertiary/aromatic N) is 1. The van der Waals surface area contributed by atoms with E-state index in [4.69, 9.17) is 11.6 Å². The van der Waals surface area contributed by atoms with Gasteiger partial charge in [0.25, 0.3) is 0 Å². The first-order valence-electron chi connectivity index (χ1n) is 7.57. The monoisotopic (exact) mass is 351 g/mol. The van der Waals surface area contributed by atoms with E-state index in [2.05, 4.69) is 0 Å². The van der Waals surface area contributed by atoms with Gasteiger partial charge in [0, 0.05) is 13.1 Å². The van der Waals surface area contributed by atoms with Crippen molar-refractivity contribution in [3.8, 4) is 16.9 Å². The fraction of sp³-hybridized carbons (Fsp3) is 0.294. The molecule has 0 aliphatic carbocycles. The summed E-state index contributed by atoms with van der Waals surface area (Å²) in [5, 5.41) is 9.97. The number of rotatable bonds is 3. The van der Waals surface area contributed by atoms with Crippen molar-refractivity contribution in [3.05, 3.63) is 47.5 Å². The summed E-state index contributed by atoms with van der Waals surface area (Å²) in [4.78, 5) is 0.307. The predicted molar refractivity (Wildman–Crippen MR) is 91.2 cm³/mol. The predicted octanol–water partition coefficient (Wildman–Crippen LogP) is 3.89. The number of benzene rings is 2. The van der Waals surface area contributed by atoms with E-state index in [1.807, 2.05) is 0 Å². The summed E-state index contributed by atoms with van der Waals surface area (Å²) >= 11 is 5.80. The van der Waals surface area contributed by atoms with Gasteiger partial charge in [-0.1, -0.05) is 36.2 Å². The lowest BCUT2D eigenvalue weighted by Gasteiger charge is -2.25. The molecule has 0 amide bonds. The Bertz CT molecular complexity index is 797. The molecule has 1 heterocycles. The minimum atomic E-state index is -3.41. The van der Waals surface area contributed by atoms with Gasteiger partial charge in [0.15, 0.2) is 0 Å². The molecule has 122 valence electrons. The second-order valence-corrected chi connectivity index (χ2v) is 8.00. The number of phenols is 1. The lowest BCUT2D eigenvalue weighted by Crippen LogP contribution is -2.35. The minimum absolute atomic E-state index is 0.00850. The van der Waals surface area contributed by atoms with Crippen LogP contribution in [0.4, 0.5) is 0 Å². The molecule has 3 rings (SSSR count). The van der Waals surface area contributed by atoms with Crippen LogP contribution in [0, 0.1) is 0 Å². The maximum Gasteiger partial charge on any atom is 0.243 e. The molecule has 0 spiro atoms. The molecule has 6 heteroatoms. The van der Waals surface area contributed by atoms with Crippen molar-refractivity contribution < 1.29 is 13.5 Å². The second kappa shape index (κ2) is 6.51. The summed E-state index contributed by atoms with van der Waals surface area (Å²) in [5.74, 6) is 0.00850. The smallest absolute Gasteiger partial charge is 0.243 e. The molecule has 0 unspecified atom stereocenters. The van der Waals surface area contributed by atoms with Gasteiger partial charge in [0.1, 0.15) is 5.75 Å². The molecule has 0 radical (unpaired) electrons. The van der Waals surface area contributed by atoms with Crippen LogP contribution in [0.15, 0.2) is 47.4 Å². The van der Waals surface area contributed by atoms with Gasteiger partial charge in [-0.2, -0.15) is 4.31 Å². The highest BCUT2D eigenvalue weighted by molar-refractivity contribution is 7.89. The molecule has 1 aliphatic heterocycles. The van der Waals surface area contributed by atoms with E-state index in [9.17, 15) is 13.5 Å². The molecule has 0 bridgehead atoms. The summed E-state index contributed by atoms with van der Waals surface area (Å²) in [6.45, 7) is 1.18. The molecule has 1 saturated heterocycles. The zero-order valence-corrected chi connectivity index (χ0v) is 14.1. The van der Waals surface area contributed by atoms with E-state index in [1.165, 1.54) is 0 Å². The fourth-order valence-electron chi connectivity index (χ4n) is 2.77. The summed E-state index contributed by atoms with van der Waals surface area (Å²) < 4.78 is 26.8. The van der Waals surface area contributed by atoms with Gasteiger partial charge in [-0.05, 0) is 48.2 Å². The zero-order chi connectivity index (χ0) is 16.4. The standard InChI is InChI=1S/C17H18ClNO3S/c18-16-9-6-14(12-17(16)20)13-4-7-15(8-5-13)23(21,22)19-10-2-1-3-11-19/h4-9,12,20H,1-3,10-11H2. The number of halogens is 1. The maximum atomic E-state index is 12.6. The fourth-order valence-corrected chi connectivity index (χ4v) is 4.40. The van der Waals surface area contributed by atoms with Gasteiger partial charge in [0.05, 0.1) is 9.92 Å². The third kappa shape index (κ3) is 3.37. The van der Waals surface area contributed by atoms with Crippen LogP contribution in [-0.2, 0) is 10.0 Å². The number of phenolic OH excluding ortho intramolecular Hbond substituents is 1. The van der Waals surface area contributed by atoms with E-state index in [1.54, 1.807) is 46.8 Å². The second-order valence-electron chi connectivity index (χ2n) is 5.66. The molecule has 0 atom stereocenters. The third-order valence-corrected chi connectivity index (χ3v) is 6.32. The van der Waals surface area contributed by atoms with Crippen LogP contribution in [0.2, 0.25) is 5.02 Å². The molecule has 1 fully saturated rings. The molecule has 1 aliphatic rings. The van der Waals surface area contributed by atoms with Gasteiger partial charge in [-0.3, -0.25) is 0 Å². The molecular weight excluding hydrogens is 334 g/mol. The lowest BCUT2D eigenvalue weighted by molar-refractivity contribution is 0.346. The first-order chi connectivity index (χ1) is 11.0. The first-order valence-corrected chi connectivity index (χ1v) is 9.39. The highest BCUT2D eigenvalue weighted by atomic mass is 35.5. The average Bonchev–Trinajstić information content (AvgIpc) is 2.58. The van der Waals surface area contributed by atoms with Crippen LogP contribution in [-0.4, -0.2) is 30.9 Å². The quantitative estimate of drug-likeness (QED) is 0.912. The van der Waals surface area contributed by atoms with E-state index < -0.39 is 10.0 Å². The van der Waals surface area contributed by atoms with E-state index in [0.29, 0.717) is 18.0 Å². The van der Waals surface area contributed by atoms with E-state index >= 15 is 0 Å². The maximum absolute atomic E-state index is 12.6. The zero-order valence-electron chi connectivity index (χ0n) is 12.6. The number of aromatic hydroxyl groups is 1. The van der Waals surface area contributed by atoms with Crippen LogP contribution < -0.4 is 0 Å². The Kier molecular flexibility index (Phi) is 4.62. The molecular formula is C17H18ClNO3S. The highest BCUT2D eigenvalue weighted by Gasteiger charge is 2.25. The summed E-state index contributed by atoms with van der Waals surface area (Å²) in [6, 6.07) is 11.7. The molecule has 0 saturated carbocycles. The van der Waals surface area contributed by atoms with E-state index in [-0.39, 0.29) is 10.8 Å². The lowest BCUT2D eigenvalue weighted by atomic mass is 10.1. The van der Waals surface area contributed by atoms with E-state index in [0.717, 1.165) is 30.4 Å². The minimum Gasteiger partial charge on any atom is -0.506 e. The summed E-state index contributed by atoms with van der Waals surface area (Å²) in [6.07, 6.45) is 2.92. The number of hydrogen-bond acceptors (Lipinski definition) is 3. The molecule has 1 N–H and O–H groups in total. The Hall–Kier alpha value is -1.56. The van der Waals surface area contributed by atoms with Crippen molar-refractivity contribution in [2.75, 3.05) is 13.1 Å². The van der Waals surface area contributed by atoms with Gasteiger partial charge < -0.3 is 5.11 Å². The largest absolute Gasteiger partial charge is 0.506 e. The van der Waals surface area contributed by atoms with Crippen LogP contribution in [0.5, 0.6) is 5.75 Å². The molecule has 4 nitrogen and oxygen atoms in total. The van der Waals surface area contributed by atoms with Crippen molar-refractivity contribution in [1.82, 2.24) is 4.31 Å². The van der Waals surface area contributed by atoms with Gasteiger partial charge in [-0.15, -0.1) is 0 Å². The summed E-state index contributed by atoms with van der Waals surface area (Å²) in [7, 11) is -3.41. The number of hydrogen-bond donors (Lipinski definition) is 1. The van der Waals surface area contributed by atoms with Crippen LogP contribution in [0.3, 0.4) is 0 Å². The third-order valence-electron chi connectivity index (χ3n) is 4.09. The van der Waals surface area contributed by atoms with Crippen LogP contribution >= 0.6 is 11.6 Å². The van der Waals surface area contributed by atoms with Crippen molar-refractivity contribution in [1.29, 1.82) is 0 Å². The van der Waals surface area contributed by atoms with Crippen molar-refractivity contribution in [3.63, 3.8) is 0 Å². The molecule has 2 aromatic carbocycles. The van der Waals surface area contributed by atoms with Gasteiger partial charge in [-0.25, -0.2) is 8.42 Å². The number of piperidine rings is 1. The van der Waals surface area contributed by atoms with Gasteiger partial charge in [0.2, 0.25) is 10.0 Å². The van der Waals surface area contributed by atoms with Crippen molar-refractivity contribution in [2.45, 2.75) is 24.2 Å². The Labute approximate surface area is 141 Å². The van der Waals surface area contributed by atoms with Crippen molar-refractivity contribution in [2.24, 2.45) is 0 Å². The Balaban J connectivity index is 1.88. The Morgan fingerprint density at radius 3 is 2.13 bits per heavy atom. The summed E-state index contributed by atoms with van der Waals surface area (Å²) in [5.41, 5.74) is 1.61. The van der Waals surface area contributed by atoms with Crippen LogP contribution in [0.25, 0.3) is 11.1 Å². The molecule has 0 aromatic heterocycles. The first kappa shape index (κ1) is 16.3. The number of sulfonamides is 1. The molecule has 2 aromatic rings. The highest BCUT2D eigenvalue weighted by Crippen LogP contribution is 2.30. The topological polar surface area (TPSA) is 57.6 Å². The Morgan fingerprint density at radius 1 is 0.913 bits per heavy atom. The van der Waals surface area contributed by atoms with Gasteiger partial charge >= 0.3 is 0 Å². The Morgan fingerprint density at radius 2 is 1.52 bits per heavy atom. The molecule has 23 heavy (non-hydrogen) atoms.